The van der Waals surface area contributed by atoms with Crippen molar-refractivity contribution in [2.45, 2.75) is 12.5 Å². The van der Waals surface area contributed by atoms with Gasteiger partial charge in [-0.3, -0.25) is 0 Å². The van der Waals surface area contributed by atoms with Gasteiger partial charge in [0.25, 0.3) is 0 Å². The summed E-state index contributed by atoms with van der Waals surface area (Å²) in [4.78, 5) is 12.8. The smallest absolute Gasteiger partial charge is 0.317 e. The summed E-state index contributed by atoms with van der Waals surface area (Å²) in [7, 11) is 1.63. The summed E-state index contributed by atoms with van der Waals surface area (Å²) < 4.78 is 0. The molecule has 1 heterocycles. The van der Waals surface area contributed by atoms with Gasteiger partial charge in [-0.05, 0) is 13.0 Å². The number of amides is 2. The summed E-state index contributed by atoms with van der Waals surface area (Å²) in [6.45, 7) is 2.58. The van der Waals surface area contributed by atoms with Crippen molar-refractivity contribution in [2.24, 2.45) is 0 Å². The van der Waals surface area contributed by atoms with Crippen molar-refractivity contribution in [1.29, 1.82) is 0 Å². The van der Waals surface area contributed by atoms with E-state index in [2.05, 4.69) is 10.6 Å². The highest BCUT2D eigenvalue weighted by Crippen LogP contribution is 2.06. The van der Waals surface area contributed by atoms with Gasteiger partial charge in [0.1, 0.15) is 0 Å². The molecule has 0 radical (unpaired) electrons. The van der Waals surface area contributed by atoms with Gasteiger partial charge in [0.2, 0.25) is 0 Å². The van der Waals surface area contributed by atoms with Crippen LogP contribution >= 0.6 is 0 Å². The Morgan fingerprint density at radius 1 is 1.62 bits per heavy atom. The van der Waals surface area contributed by atoms with Crippen molar-refractivity contribution in [3.05, 3.63) is 0 Å². The van der Waals surface area contributed by atoms with E-state index in [4.69, 9.17) is 5.11 Å². The van der Waals surface area contributed by atoms with Crippen LogP contribution in [0, 0.1) is 0 Å². The van der Waals surface area contributed by atoms with E-state index in [0.29, 0.717) is 6.04 Å². The number of nitrogens with zero attached hydrogens (tertiary/aromatic N) is 1. The molecule has 0 unspecified atom stereocenters. The van der Waals surface area contributed by atoms with E-state index < -0.39 is 0 Å². The quantitative estimate of drug-likeness (QED) is 0.494. The summed E-state index contributed by atoms with van der Waals surface area (Å²) >= 11 is 0. The van der Waals surface area contributed by atoms with Crippen molar-refractivity contribution >= 4 is 6.03 Å². The zero-order chi connectivity index (χ0) is 9.68. The number of carbonyl (C=O) groups excluding carboxylic acids is 1. The number of likely N-dealkylation sites (tertiary alicyclic amines) is 1. The van der Waals surface area contributed by atoms with E-state index in [9.17, 15) is 4.79 Å². The summed E-state index contributed by atoms with van der Waals surface area (Å²) in [6, 6.07) is 0.393. The normalized spacial score (nSPS) is 16.9. The molecule has 5 heteroatoms. The monoisotopic (exact) mass is 187 g/mol. The maximum atomic E-state index is 11.0. The summed E-state index contributed by atoms with van der Waals surface area (Å²) in [5.41, 5.74) is 0. The second kappa shape index (κ2) is 5.04. The van der Waals surface area contributed by atoms with E-state index in [-0.39, 0.29) is 12.6 Å². The van der Waals surface area contributed by atoms with Gasteiger partial charge in [-0.25, -0.2) is 4.79 Å². The minimum Gasteiger partial charge on any atom is -0.396 e. The number of rotatable bonds is 4. The topological polar surface area (TPSA) is 64.6 Å². The molecule has 1 aliphatic rings. The molecule has 5 nitrogen and oxygen atoms in total. The SMILES string of the molecule is CNC(=O)N1CC(NCCCO)C1. The number of hydrogen-bond donors (Lipinski definition) is 3. The zero-order valence-corrected chi connectivity index (χ0v) is 7.92. The molecular formula is C8H17N3O2. The molecule has 0 aromatic rings. The second-order valence-corrected chi connectivity index (χ2v) is 3.19. The average Bonchev–Trinajstić information content (AvgIpc) is 2.08. The Hall–Kier alpha value is -0.810. The van der Waals surface area contributed by atoms with Gasteiger partial charge in [-0.2, -0.15) is 0 Å². The van der Waals surface area contributed by atoms with Crippen molar-refractivity contribution in [3.8, 4) is 0 Å². The first-order valence-corrected chi connectivity index (χ1v) is 4.59. The molecule has 13 heavy (non-hydrogen) atoms. The molecule has 1 saturated heterocycles. The average molecular weight is 187 g/mol. The van der Waals surface area contributed by atoms with Crippen LogP contribution in [0.4, 0.5) is 4.79 Å². The molecule has 1 fully saturated rings. The highest BCUT2D eigenvalue weighted by Gasteiger charge is 2.28. The van der Waals surface area contributed by atoms with Gasteiger partial charge in [0, 0.05) is 32.8 Å². The van der Waals surface area contributed by atoms with E-state index >= 15 is 0 Å². The van der Waals surface area contributed by atoms with E-state index in [1.165, 1.54) is 0 Å². The number of nitrogens with one attached hydrogen (secondary N) is 2. The predicted molar refractivity (Wildman–Crippen MR) is 49.5 cm³/mol. The van der Waals surface area contributed by atoms with Gasteiger partial charge >= 0.3 is 6.03 Å². The Labute approximate surface area is 78.1 Å². The lowest BCUT2D eigenvalue weighted by atomic mass is 10.1. The van der Waals surface area contributed by atoms with Crippen molar-refractivity contribution in [1.82, 2.24) is 15.5 Å². The molecule has 0 atom stereocenters. The lowest BCUT2D eigenvalue weighted by Crippen LogP contribution is -2.61. The van der Waals surface area contributed by atoms with Gasteiger partial charge < -0.3 is 20.6 Å². The van der Waals surface area contributed by atoms with Crippen LogP contribution in [0.3, 0.4) is 0 Å². The fourth-order valence-corrected chi connectivity index (χ4v) is 1.32. The Kier molecular flexibility index (Phi) is 3.98. The molecule has 0 bridgehead atoms. The van der Waals surface area contributed by atoms with Gasteiger partial charge in [-0.1, -0.05) is 0 Å². The van der Waals surface area contributed by atoms with Crippen molar-refractivity contribution in [2.75, 3.05) is 33.3 Å². The third-order valence-corrected chi connectivity index (χ3v) is 2.15. The van der Waals surface area contributed by atoms with Crippen molar-refractivity contribution in [3.63, 3.8) is 0 Å². The summed E-state index contributed by atoms with van der Waals surface area (Å²) in [5, 5.41) is 14.4. The first kappa shape index (κ1) is 10.3. The predicted octanol–water partition coefficient (Wildman–Crippen LogP) is -1.02. The Balaban J connectivity index is 2.01. The van der Waals surface area contributed by atoms with Crippen molar-refractivity contribution < 1.29 is 9.90 Å². The lowest BCUT2D eigenvalue weighted by molar-refractivity contribution is 0.138. The van der Waals surface area contributed by atoms with Gasteiger partial charge in [0.05, 0.1) is 0 Å². The minimum atomic E-state index is -0.0137. The first-order valence-electron chi connectivity index (χ1n) is 4.59. The van der Waals surface area contributed by atoms with Gasteiger partial charge in [0.15, 0.2) is 0 Å². The molecule has 1 aliphatic heterocycles. The number of aliphatic hydroxyl groups is 1. The van der Waals surface area contributed by atoms with E-state index in [1.54, 1.807) is 11.9 Å². The first-order chi connectivity index (χ1) is 6.27. The summed E-state index contributed by atoms with van der Waals surface area (Å²) in [5.74, 6) is 0. The Morgan fingerprint density at radius 2 is 2.31 bits per heavy atom. The van der Waals surface area contributed by atoms with E-state index in [1.807, 2.05) is 0 Å². The van der Waals surface area contributed by atoms with E-state index in [0.717, 1.165) is 26.1 Å². The largest absolute Gasteiger partial charge is 0.396 e. The second-order valence-electron chi connectivity index (χ2n) is 3.19. The third-order valence-electron chi connectivity index (χ3n) is 2.15. The molecular weight excluding hydrogens is 170 g/mol. The molecule has 0 aromatic heterocycles. The molecule has 2 amide bonds. The molecule has 0 aromatic carbocycles. The standard InChI is InChI=1S/C8H17N3O2/c1-9-8(13)11-5-7(6-11)10-3-2-4-12/h7,10,12H,2-6H2,1H3,(H,9,13). The summed E-state index contributed by atoms with van der Waals surface area (Å²) in [6.07, 6.45) is 0.774. The molecule has 3 N–H and O–H groups in total. The van der Waals surface area contributed by atoms with Crippen LogP contribution in [0.2, 0.25) is 0 Å². The number of urea groups is 1. The Morgan fingerprint density at radius 3 is 2.85 bits per heavy atom. The number of aliphatic hydroxyl groups excluding tert-OH is 1. The molecule has 1 rings (SSSR count). The molecule has 0 spiro atoms. The maximum absolute atomic E-state index is 11.0. The molecule has 0 aliphatic carbocycles. The molecule has 0 saturated carbocycles. The van der Waals surface area contributed by atoms with Crippen LogP contribution < -0.4 is 10.6 Å². The van der Waals surface area contributed by atoms with Crippen LogP contribution in [0.5, 0.6) is 0 Å². The van der Waals surface area contributed by atoms with Crippen LogP contribution in [0.1, 0.15) is 6.42 Å². The third kappa shape index (κ3) is 2.86. The fourth-order valence-electron chi connectivity index (χ4n) is 1.32. The highest BCUT2D eigenvalue weighted by molar-refractivity contribution is 5.74. The van der Waals surface area contributed by atoms with Crippen LogP contribution in [-0.2, 0) is 0 Å². The number of hydrogen-bond acceptors (Lipinski definition) is 3. The van der Waals surface area contributed by atoms with Gasteiger partial charge in [-0.15, -0.1) is 0 Å². The number of carbonyl (C=O) groups is 1. The highest BCUT2D eigenvalue weighted by atomic mass is 16.3. The zero-order valence-electron chi connectivity index (χ0n) is 7.92. The van der Waals surface area contributed by atoms with Crippen LogP contribution in [0.25, 0.3) is 0 Å². The van der Waals surface area contributed by atoms with Crippen LogP contribution in [0.15, 0.2) is 0 Å². The fraction of sp³-hybridized carbons (Fsp3) is 0.875. The van der Waals surface area contributed by atoms with Crippen LogP contribution in [-0.4, -0.2) is 55.4 Å². The minimum absolute atomic E-state index is 0.0137. The molecule has 76 valence electrons. The Bertz CT molecular complexity index is 169. The lowest BCUT2D eigenvalue weighted by Gasteiger charge is -2.39. The maximum Gasteiger partial charge on any atom is 0.317 e.